The summed E-state index contributed by atoms with van der Waals surface area (Å²) in [4.78, 5) is 25.7. The highest BCUT2D eigenvalue weighted by Gasteiger charge is 2.28. The van der Waals surface area contributed by atoms with E-state index in [1.807, 2.05) is 6.92 Å². The Morgan fingerprint density at radius 3 is 2.52 bits per heavy atom. The van der Waals surface area contributed by atoms with Crippen LogP contribution in [0.5, 0.6) is 0 Å². The van der Waals surface area contributed by atoms with Crippen molar-refractivity contribution in [3.05, 3.63) is 52.4 Å². The summed E-state index contributed by atoms with van der Waals surface area (Å²) in [5.41, 5.74) is 8.84. The minimum atomic E-state index is -4.26. The molecule has 3 aromatic rings. The smallest absolute Gasteiger partial charge is 0.382 e. The summed E-state index contributed by atoms with van der Waals surface area (Å²) in [7, 11) is 0. The molecule has 5 nitrogen and oxygen atoms in total. The van der Waals surface area contributed by atoms with Gasteiger partial charge in [-0.25, -0.2) is 15.0 Å². The monoisotopic (exact) mass is 438 g/mol. The van der Waals surface area contributed by atoms with Gasteiger partial charge in [-0.2, -0.15) is 13.2 Å². The molecule has 152 valence electrons. The van der Waals surface area contributed by atoms with Gasteiger partial charge in [-0.05, 0) is 36.6 Å². The van der Waals surface area contributed by atoms with Gasteiger partial charge in [0.2, 0.25) is 0 Å². The molecule has 0 amide bonds. The number of rotatable bonds is 6. The lowest BCUT2D eigenvalue weighted by Gasteiger charge is -2.12. The van der Waals surface area contributed by atoms with E-state index in [2.05, 4.69) is 15.0 Å². The second-order valence-electron chi connectivity index (χ2n) is 6.41. The normalized spacial score (nSPS) is 11.6. The van der Waals surface area contributed by atoms with E-state index >= 15 is 0 Å². The molecule has 10 heteroatoms. The van der Waals surface area contributed by atoms with Crippen LogP contribution in [0.15, 0.2) is 35.7 Å². The van der Waals surface area contributed by atoms with Gasteiger partial charge in [0.1, 0.15) is 22.0 Å². The van der Waals surface area contributed by atoms with Crippen LogP contribution < -0.4 is 5.73 Å². The van der Waals surface area contributed by atoms with Crippen LogP contribution in [0.3, 0.4) is 0 Å². The Labute approximate surface area is 173 Å². The topological polar surface area (TPSA) is 81.8 Å². The van der Waals surface area contributed by atoms with E-state index in [4.69, 9.17) is 5.73 Å². The van der Waals surface area contributed by atoms with E-state index in [1.54, 1.807) is 31.5 Å². The number of thioether (sulfide) groups is 1. The number of halogens is 3. The Balaban J connectivity index is 1.83. The Bertz CT molecular complexity index is 1040. The van der Waals surface area contributed by atoms with Gasteiger partial charge in [0.25, 0.3) is 0 Å². The van der Waals surface area contributed by atoms with E-state index in [-0.39, 0.29) is 18.0 Å². The molecule has 0 aliphatic rings. The van der Waals surface area contributed by atoms with Crippen LogP contribution in [0.2, 0.25) is 0 Å². The van der Waals surface area contributed by atoms with Crippen molar-refractivity contribution in [3.8, 4) is 10.6 Å². The van der Waals surface area contributed by atoms with Crippen molar-refractivity contribution in [2.75, 3.05) is 11.5 Å². The molecular formula is C19H17F3N4OS2. The highest BCUT2D eigenvalue weighted by molar-refractivity contribution is 7.99. The molecule has 2 N–H and O–H groups in total. The number of thiazole rings is 1. The van der Waals surface area contributed by atoms with Crippen LogP contribution in [-0.4, -0.2) is 32.7 Å². The number of hydrogen-bond acceptors (Lipinski definition) is 7. The molecule has 0 unspecified atom stereocenters. The van der Waals surface area contributed by atoms with Crippen molar-refractivity contribution < 1.29 is 18.0 Å². The predicted molar refractivity (Wildman–Crippen MR) is 108 cm³/mol. The number of carbonyl (C=O) groups is 1. The van der Waals surface area contributed by atoms with Crippen molar-refractivity contribution in [2.45, 2.75) is 31.3 Å². The molecule has 0 radical (unpaired) electrons. The van der Waals surface area contributed by atoms with Crippen molar-refractivity contribution in [1.29, 1.82) is 0 Å². The van der Waals surface area contributed by atoms with Crippen LogP contribution in [-0.2, 0) is 6.42 Å². The fourth-order valence-corrected chi connectivity index (χ4v) is 4.43. The zero-order chi connectivity index (χ0) is 21.2. The van der Waals surface area contributed by atoms with Gasteiger partial charge in [0.05, 0.1) is 5.75 Å². The largest absolute Gasteiger partial charge is 0.398 e. The number of nitrogen functional groups attached to an aromatic ring is 1. The lowest BCUT2D eigenvalue weighted by molar-refractivity contribution is -0.105. The van der Waals surface area contributed by atoms with E-state index < -0.39 is 11.9 Å². The number of anilines is 1. The Hall–Kier alpha value is -2.46. The molecule has 0 atom stereocenters. The molecule has 0 saturated carbocycles. The van der Waals surface area contributed by atoms with Crippen molar-refractivity contribution >= 4 is 34.7 Å². The molecule has 0 bridgehead atoms. The van der Waals surface area contributed by atoms with E-state index in [9.17, 15) is 18.0 Å². The average molecular weight is 439 g/mol. The highest BCUT2D eigenvalue weighted by Crippen LogP contribution is 2.33. The fourth-order valence-electron chi connectivity index (χ4n) is 2.70. The fraction of sp³-hybridized carbons (Fsp3) is 0.263. The molecule has 0 spiro atoms. The lowest BCUT2D eigenvalue weighted by atomic mass is 10.0. The number of aromatic nitrogens is 3. The standard InChI is InChI=1S/C19H17F3N4OS2/c1-10-3-11(2)15(28-8-19(20,21)22)5-12(10)4-14(27)16-17(23)26-18(29-16)13-6-24-9-25-7-13/h3,5-7,9H,4,8,23H2,1-2H3. The first kappa shape index (κ1) is 21.3. The number of nitrogens with two attached hydrogens (primary N) is 1. The molecule has 0 saturated heterocycles. The highest BCUT2D eigenvalue weighted by atomic mass is 32.2. The molecule has 0 fully saturated rings. The average Bonchev–Trinajstić information content (AvgIpc) is 3.05. The van der Waals surface area contributed by atoms with Gasteiger partial charge in [-0.15, -0.1) is 23.1 Å². The van der Waals surface area contributed by atoms with E-state index in [0.717, 1.165) is 34.2 Å². The van der Waals surface area contributed by atoms with Crippen LogP contribution >= 0.6 is 23.1 Å². The summed E-state index contributed by atoms with van der Waals surface area (Å²) in [6, 6.07) is 3.45. The summed E-state index contributed by atoms with van der Waals surface area (Å²) >= 11 is 1.87. The molecule has 1 aromatic carbocycles. The maximum absolute atomic E-state index is 12.8. The van der Waals surface area contributed by atoms with Crippen LogP contribution in [0.4, 0.5) is 19.0 Å². The number of carbonyl (C=O) groups excluding carboxylic acids is 1. The number of nitrogens with zero attached hydrogens (tertiary/aromatic N) is 3. The number of alkyl halides is 3. The molecule has 2 aromatic heterocycles. The summed E-state index contributed by atoms with van der Waals surface area (Å²) in [6.07, 6.45) is 0.318. The third-order valence-corrected chi connectivity index (χ3v) is 6.47. The van der Waals surface area contributed by atoms with E-state index in [0.29, 0.717) is 25.9 Å². The SMILES string of the molecule is Cc1cc(C)c(SCC(F)(F)F)cc1CC(=O)c1sc(-c2cncnc2)nc1N. The van der Waals surface area contributed by atoms with Gasteiger partial charge in [-0.3, -0.25) is 4.79 Å². The van der Waals surface area contributed by atoms with Gasteiger partial charge >= 0.3 is 6.18 Å². The minimum absolute atomic E-state index is 0.0306. The molecule has 0 aliphatic carbocycles. The minimum Gasteiger partial charge on any atom is -0.382 e. The van der Waals surface area contributed by atoms with Crippen molar-refractivity contribution in [3.63, 3.8) is 0 Å². The van der Waals surface area contributed by atoms with Crippen molar-refractivity contribution in [2.24, 2.45) is 0 Å². The summed E-state index contributed by atoms with van der Waals surface area (Å²) in [5, 5.41) is 0.536. The van der Waals surface area contributed by atoms with Crippen LogP contribution in [0.1, 0.15) is 26.4 Å². The molecule has 2 heterocycles. The lowest BCUT2D eigenvalue weighted by Crippen LogP contribution is -2.11. The first-order valence-corrected chi connectivity index (χ1v) is 10.3. The number of aryl methyl sites for hydroxylation is 2. The number of Topliss-reactive ketones (excluding diaryl/α,β-unsaturated/α-hetero) is 1. The number of ketones is 1. The van der Waals surface area contributed by atoms with Crippen molar-refractivity contribution in [1.82, 2.24) is 15.0 Å². The summed E-state index contributed by atoms with van der Waals surface area (Å²) in [5.74, 6) is -1.09. The summed E-state index contributed by atoms with van der Waals surface area (Å²) < 4.78 is 37.7. The molecular weight excluding hydrogens is 421 g/mol. The van der Waals surface area contributed by atoms with Crippen LogP contribution in [0.25, 0.3) is 10.6 Å². The molecule has 3 rings (SSSR count). The molecule has 29 heavy (non-hydrogen) atoms. The zero-order valence-electron chi connectivity index (χ0n) is 15.6. The van der Waals surface area contributed by atoms with Crippen LogP contribution in [0, 0.1) is 13.8 Å². The maximum atomic E-state index is 12.8. The van der Waals surface area contributed by atoms with E-state index in [1.165, 1.54) is 6.33 Å². The Morgan fingerprint density at radius 2 is 1.86 bits per heavy atom. The maximum Gasteiger partial charge on any atom is 0.398 e. The second kappa shape index (κ2) is 8.50. The zero-order valence-corrected chi connectivity index (χ0v) is 17.2. The quantitative estimate of drug-likeness (QED) is 0.436. The first-order chi connectivity index (χ1) is 13.6. The molecule has 0 aliphatic heterocycles. The van der Waals surface area contributed by atoms with Gasteiger partial charge in [0, 0.05) is 29.3 Å². The number of benzene rings is 1. The van der Waals surface area contributed by atoms with Gasteiger partial charge < -0.3 is 5.73 Å². The second-order valence-corrected chi connectivity index (χ2v) is 8.42. The summed E-state index contributed by atoms with van der Waals surface area (Å²) in [6.45, 7) is 3.59. The van der Waals surface area contributed by atoms with Gasteiger partial charge in [-0.1, -0.05) is 6.07 Å². The number of hydrogen-bond donors (Lipinski definition) is 1. The third kappa shape index (κ3) is 5.33. The first-order valence-electron chi connectivity index (χ1n) is 8.48. The third-order valence-electron chi connectivity index (χ3n) is 4.09. The van der Waals surface area contributed by atoms with Gasteiger partial charge in [0.15, 0.2) is 5.78 Å². The Kier molecular flexibility index (Phi) is 6.23. The predicted octanol–water partition coefficient (Wildman–Crippen LogP) is 4.88. The Morgan fingerprint density at radius 1 is 1.17 bits per heavy atom.